The molecule has 0 unspecified atom stereocenters. The highest BCUT2D eigenvalue weighted by Gasteiger charge is 2.12. The molecule has 0 atom stereocenters. The number of carbonyl (C=O) groups is 1. The van der Waals surface area contributed by atoms with E-state index in [-0.39, 0.29) is 12.6 Å². The van der Waals surface area contributed by atoms with E-state index in [1.54, 1.807) is 6.07 Å². The number of carbonyl (C=O) groups excluding carboxylic acids is 1. The van der Waals surface area contributed by atoms with Gasteiger partial charge in [-0.15, -0.1) is 11.3 Å². The second-order valence-corrected chi connectivity index (χ2v) is 6.23. The van der Waals surface area contributed by atoms with Crippen LogP contribution in [0, 0.1) is 6.92 Å². The highest BCUT2D eigenvalue weighted by molar-refractivity contribution is 9.10. The maximum absolute atomic E-state index is 11.7. The van der Waals surface area contributed by atoms with Crippen molar-refractivity contribution >= 4 is 38.9 Å². The van der Waals surface area contributed by atoms with Crippen molar-refractivity contribution in [3.8, 4) is 5.75 Å². The standard InChI is InChI=1S/C14H14BrNO3S/c1-9-12(16)8-13(20-9)14(17)19-7-6-18-11-4-2-10(15)3-5-11/h2-5,8H,6-7,16H2,1H3. The predicted octanol–water partition coefficient (Wildman–Crippen LogP) is 3.64. The first-order chi connectivity index (χ1) is 9.56. The van der Waals surface area contributed by atoms with E-state index < -0.39 is 0 Å². The number of aryl methyl sites for hydroxylation is 1. The summed E-state index contributed by atoms with van der Waals surface area (Å²) in [7, 11) is 0. The molecule has 1 aromatic heterocycles. The molecule has 0 radical (unpaired) electrons. The Hall–Kier alpha value is -1.53. The second kappa shape index (κ2) is 6.76. The zero-order valence-corrected chi connectivity index (χ0v) is 13.3. The first kappa shape index (κ1) is 14.9. The highest BCUT2D eigenvalue weighted by atomic mass is 79.9. The Morgan fingerprint density at radius 2 is 2.00 bits per heavy atom. The van der Waals surface area contributed by atoms with Crippen molar-refractivity contribution < 1.29 is 14.3 Å². The fourth-order valence-corrected chi connectivity index (χ4v) is 2.59. The Balaban J connectivity index is 1.75. The van der Waals surface area contributed by atoms with E-state index >= 15 is 0 Å². The lowest BCUT2D eigenvalue weighted by molar-refractivity contribution is 0.0456. The van der Waals surface area contributed by atoms with Crippen molar-refractivity contribution in [2.75, 3.05) is 18.9 Å². The van der Waals surface area contributed by atoms with Crippen LogP contribution < -0.4 is 10.5 Å². The van der Waals surface area contributed by atoms with Crippen molar-refractivity contribution in [3.05, 3.63) is 44.6 Å². The van der Waals surface area contributed by atoms with Crippen molar-refractivity contribution in [1.82, 2.24) is 0 Å². The van der Waals surface area contributed by atoms with Crippen LogP contribution >= 0.6 is 27.3 Å². The van der Waals surface area contributed by atoms with Gasteiger partial charge in [-0.3, -0.25) is 0 Å². The lowest BCUT2D eigenvalue weighted by atomic mass is 10.3. The smallest absolute Gasteiger partial charge is 0.348 e. The van der Waals surface area contributed by atoms with Gasteiger partial charge in [0, 0.05) is 15.0 Å². The van der Waals surface area contributed by atoms with Gasteiger partial charge in [0.25, 0.3) is 0 Å². The van der Waals surface area contributed by atoms with Crippen LogP contribution in [0.1, 0.15) is 14.5 Å². The molecule has 0 aliphatic heterocycles. The fourth-order valence-electron chi connectivity index (χ4n) is 1.49. The quantitative estimate of drug-likeness (QED) is 0.656. The molecule has 4 nitrogen and oxygen atoms in total. The molecule has 1 heterocycles. The summed E-state index contributed by atoms with van der Waals surface area (Å²) in [6, 6.07) is 9.10. The van der Waals surface area contributed by atoms with Gasteiger partial charge in [-0.05, 0) is 37.3 Å². The van der Waals surface area contributed by atoms with E-state index in [0.717, 1.165) is 15.1 Å². The lowest BCUT2D eigenvalue weighted by Crippen LogP contribution is -2.11. The Morgan fingerprint density at radius 3 is 2.60 bits per heavy atom. The monoisotopic (exact) mass is 355 g/mol. The van der Waals surface area contributed by atoms with Gasteiger partial charge in [0.15, 0.2) is 0 Å². The minimum atomic E-state index is -0.366. The van der Waals surface area contributed by atoms with E-state index in [9.17, 15) is 4.79 Å². The lowest BCUT2D eigenvalue weighted by Gasteiger charge is -2.06. The number of nitrogens with two attached hydrogens (primary N) is 1. The zero-order chi connectivity index (χ0) is 14.5. The third kappa shape index (κ3) is 3.98. The summed E-state index contributed by atoms with van der Waals surface area (Å²) in [5.74, 6) is 0.370. The number of rotatable bonds is 5. The third-order valence-corrected chi connectivity index (χ3v) is 4.13. The molecule has 0 aliphatic carbocycles. The van der Waals surface area contributed by atoms with Gasteiger partial charge in [-0.2, -0.15) is 0 Å². The van der Waals surface area contributed by atoms with Crippen LogP contribution in [0.4, 0.5) is 5.69 Å². The number of anilines is 1. The molecule has 0 fully saturated rings. The molecule has 2 rings (SSSR count). The summed E-state index contributed by atoms with van der Waals surface area (Å²) < 4.78 is 11.6. The van der Waals surface area contributed by atoms with Crippen molar-refractivity contribution in [2.45, 2.75) is 6.92 Å². The maximum Gasteiger partial charge on any atom is 0.348 e. The molecule has 106 valence electrons. The molecular weight excluding hydrogens is 342 g/mol. The number of ether oxygens (including phenoxy) is 2. The number of thiophene rings is 1. The van der Waals surface area contributed by atoms with Crippen LogP contribution in [0.5, 0.6) is 5.75 Å². The Bertz CT molecular complexity index is 575. The van der Waals surface area contributed by atoms with Gasteiger partial charge >= 0.3 is 5.97 Å². The average Bonchev–Trinajstić information content (AvgIpc) is 2.77. The van der Waals surface area contributed by atoms with Crippen LogP contribution in [0.2, 0.25) is 0 Å². The Labute approximate surface area is 129 Å². The normalized spacial score (nSPS) is 10.3. The van der Waals surface area contributed by atoms with E-state index in [1.165, 1.54) is 11.3 Å². The van der Waals surface area contributed by atoms with E-state index in [0.29, 0.717) is 17.2 Å². The summed E-state index contributed by atoms with van der Waals surface area (Å²) in [5, 5.41) is 0. The average molecular weight is 356 g/mol. The molecule has 0 saturated heterocycles. The molecule has 6 heteroatoms. The summed E-state index contributed by atoms with van der Waals surface area (Å²) in [5.41, 5.74) is 6.31. The zero-order valence-electron chi connectivity index (χ0n) is 10.9. The summed E-state index contributed by atoms with van der Waals surface area (Å²) in [4.78, 5) is 13.2. The van der Waals surface area contributed by atoms with Gasteiger partial charge in [0.1, 0.15) is 23.8 Å². The molecule has 2 aromatic rings. The molecule has 0 spiro atoms. The van der Waals surface area contributed by atoms with Gasteiger partial charge in [-0.25, -0.2) is 4.79 Å². The maximum atomic E-state index is 11.7. The largest absolute Gasteiger partial charge is 0.490 e. The molecule has 0 amide bonds. The number of benzene rings is 1. The van der Waals surface area contributed by atoms with Gasteiger partial charge in [0.05, 0.1) is 0 Å². The molecule has 0 bridgehead atoms. The number of esters is 1. The first-order valence-corrected chi connectivity index (χ1v) is 7.58. The molecule has 20 heavy (non-hydrogen) atoms. The molecule has 2 N–H and O–H groups in total. The van der Waals surface area contributed by atoms with Crippen LogP contribution in [0.15, 0.2) is 34.8 Å². The van der Waals surface area contributed by atoms with Crippen molar-refractivity contribution in [2.24, 2.45) is 0 Å². The summed E-state index contributed by atoms with van der Waals surface area (Å²) in [6.45, 7) is 2.38. The molecule has 0 aliphatic rings. The molecule has 1 aromatic carbocycles. The summed E-state index contributed by atoms with van der Waals surface area (Å²) >= 11 is 4.68. The van der Waals surface area contributed by atoms with E-state index in [1.807, 2.05) is 31.2 Å². The molecule has 0 saturated carbocycles. The number of hydrogen-bond donors (Lipinski definition) is 1. The molecular formula is C14H14BrNO3S. The van der Waals surface area contributed by atoms with Gasteiger partial charge < -0.3 is 15.2 Å². The Morgan fingerprint density at radius 1 is 1.30 bits per heavy atom. The van der Waals surface area contributed by atoms with Gasteiger partial charge in [-0.1, -0.05) is 15.9 Å². The fraction of sp³-hybridized carbons (Fsp3) is 0.214. The highest BCUT2D eigenvalue weighted by Crippen LogP contribution is 2.24. The van der Waals surface area contributed by atoms with Crippen molar-refractivity contribution in [1.29, 1.82) is 0 Å². The van der Waals surface area contributed by atoms with Crippen molar-refractivity contribution in [3.63, 3.8) is 0 Å². The van der Waals surface area contributed by atoms with Crippen LogP contribution in [0.25, 0.3) is 0 Å². The topological polar surface area (TPSA) is 61.5 Å². The minimum absolute atomic E-state index is 0.200. The van der Waals surface area contributed by atoms with Crippen LogP contribution in [0.3, 0.4) is 0 Å². The minimum Gasteiger partial charge on any atom is -0.490 e. The number of hydrogen-bond acceptors (Lipinski definition) is 5. The predicted molar refractivity (Wildman–Crippen MR) is 83.4 cm³/mol. The second-order valence-electron chi connectivity index (χ2n) is 4.06. The first-order valence-electron chi connectivity index (χ1n) is 5.97. The Kier molecular flexibility index (Phi) is 5.03. The van der Waals surface area contributed by atoms with E-state index in [2.05, 4.69) is 15.9 Å². The van der Waals surface area contributed by atoms with Crippen LogP contribution in [-0.4, -0.2) is 19.2 Å². The number of halogens is 1. The van der Waals surface area contributed by atoms with Crippen LogP contribution in [-0.2, 0) is 4.74 Å². The van der Waals surface area contributed by atoms with Gasteiger partial charge in [0.2, 0.25) is 0 Å². The third-order valence-electron chi connectivity index (χ3n) is 2.56. The summed E-state index contributed by atoms with van der Waals surface area (Å²) in [6.07, 6.45) is 0. The van der Waals surface area contributed by atoms with E-state index in [4.69, 9.17) is 15.2 Å². The number of nitrogen functional groups attached to an aromatic ring is 1. The SMILES string of the molecule is Cc1sc(C(=O)OCCOc2ccc(Br)cc2)cc1N.